The molecule has 0 aromatic heterocycles. The largest absolute Gasteiger partial charge is 0.493 e. The van der Waals surface area contributed by atoms with E-state index in [0.717, 1.165) is 5.56 Å². The molecule has 1 atom stereocenters. The highest BCUT2D eigenvalue weighted by Gasteiger charge is 2.24. The molecule has 0 aliphatic carbocycles. The van der Waals surface area contributed by atoms with Gasteiger partial charge in [0.05, 0.1) is 12.2 Å². The minimum Gasteiger partial charge on any atom is -0.493 e. The first kappa shape index (κ1) is 9.71. The van der Waals surface area contributed by atoms with Crippen molar-refractivity contribution in [1.29, 1.82) is 0 Å². The highest BCUT2D eigenvalue weighted by Crippen LogP contribution is 2.33. The second-order valence-electron chi connectivity index (χ2n) is 3.01. The summed E-state index contributed by atoms with van der Waals surface area (Å²) in [6.45, 7) is 2.48. The van der Waals surface area contributed by atoms with Crippen molar-refractivity contribution in [2.45, 2.75) is 13.2 Å². The molecule has 4 nitrogen and oxygen atoms in total. The first-order chi connectivity index (χ1) is 7.31. The van der Waals surface area contributed by atoms with Crippen molar-refractivity contribution in [1.82, 2.24) is 0 Å². The predicted octanol–water partition coefficient (Wildman–Crippen LogP) is 2.49. The number of hydrogen-bond donors (Lipinski definition) is 1. The number of ether oxygens (including phenoxy) is 3. The first-order valence-electron chi connectivity index (χ1n) is 4.74. The summed E-state index contributed by atoms with van der Waals surface area (Å²) in [5.74, 6) is 0.486. The van der Waals surface area contributed by atoms with Gasteiger partial charge in [0, 0.05) is 0 Å². The lowest BCUT2D eigenvalue weighted by Crippen LogP contribution is -2.03. The van der Waals surface area contributed by atoms with Gasteiger partial charge < -0.3 is 19.3 Å². The zero-order chi connectivity index (χ0) is 10.7. The fourth-order valence-corrected chi connectivity index (χ4v) is 1.38. The van der Waals surface area contributed by atoms with E-state index in [1.54, 1.807) is 0 Å². The van der Waals surface area contributed by atoms with E-state index in [1.807, 2.05) is 31.2 Å². The lowest BCUT2D eigenvalue weighted by atomic mass is 10.2. The number of para-hydroxylation sites is 1. The molecule has 15 heavy (non-hydrogen) atoms. The minimum atomic E-state index is -0.618. The maximum absolute atomic E-state index is 9.05. The third-order valence-corrected chi connectivity index (χ3v) is 1.99. The summed E-state index contributed by atoms with van der Waals surface area (Å²) >= 11 is 0. The number of aliphatic hydroxyl groups is 1. The average molecular weight is 208 g/mol. The summed E-state index contributed by atoms with van der Waals surface area (Å²) in [5.41, 5.74) is 0.764. The van der Waals surface area contributed by atoms with Crippen LogP contribution in [0.4, 0.5) is 0 Å². The van der Waals surface area contributed by atoms with E-state index in [9.17, 15) is 0 Å². The highest BCUT2D eigenvalue weighted by atomic mass is 16.8. The summed E-state index contributed by atoms with van der Waals surface area (Å²) in [4.78, 5) is 0. The van der Waals surface area contributed by atoms with Crippen LogP contribution in [0.3, 0.4) is 0 Å². The van der Waals surface area contributed by atoms with Crippen molar-refractivity contribution in [3.63, 3.8) is 0 Å². The normalized spacial score (nSPS) is 19.0. The van der Waals surface area contributed by atoms with Gasteiger partial charge in [-0.2, -0.15) is 0 Å². The van der Waals surface area contributed by atoms with Gasteiger partial charge in [-0.3, -0.25) is 0 Å². The predicted molar refractivity (Wildman–Crippen MR) is 53.2 cm³/mol. The van der Waals surface area contributed by atoms with E-state index in [1.165, 1.54) is 6.26 Å². The molecule has 1 aromatic carbocycles. The molecule has 0 amide bonds. The smallest absolute Gasteiger partial charge is 0.316 e. The van der Waals surface area contributed by atoms with Crippen molar-refractivity contribution in [2.24, 2.45) is 0 Å². The Kier molecular flexibility index (Phi) is 2.67. The number of aliphatic hydroxyl groups excluding tert-OH is 1. The monoisotopic (exact) mass is 208 g/mol. The molecule has 0 fully saturated rings. The Morgan fingerprint density at radius 2 is 2.20 bits per heavy atom. The van der Waals surface area contributed by atoms with Gasteiger partial charge in [0.2, 0.25) is 0 Å². The Labute approximate surface area is 87.7 Å². The topological polar surface area (TPSA) is 47.9 Å². The molecule has 1 aliphatic rings. The van der Waals surface area contributed by atoms with Crippen molar-refractivity contribution < 1.29 is 19.3 Å². The van der Waals surface area contributed by atoms with Gasteiger partial charge in [-0.25, -0.2) is 0 Å². The molecule has 0 saturated heterocycles. The zero-order valence-electron chi connectivity index (χ0n) is 8.34. The molecule has 1 N–H and O–H groups in total. The summed E-state index contributed by atoms with van der Waals surface area (Å²) in [6.07, 6.45) is 0.556. The average Bonchev–Trinajstić information content (AvgIpc) is 2.66. The van der Waals surface area contributed by atoms with E-state index < -0.39 is 6.29 Å². The van der Waals surface area contributed by atoms with E-state index in [0.29, 0.717) is 12.4 Å². The Morgan fingerprint density at radius 3 is 2.87 bits per heavy atom. The number of benzene rings is 1. The summed E-state index contributed by atoms with van der Waals surface area (Å²) < 4.78 is 15.6. The molecule has 0 bridgehead atoms. The van der Waals surface area contributed by atoms with Crippen molar-refractivity contribution in [3.8, 4) is 5.75 Å². The van der Waals surface area contributed by atoms with Crippen molar-refractivity contribution in [3.05, 3.63) is 42.0 Å². The molecule has 2 rings (SSSR count). The Balaban J connectivity index is 2.20. The van der Waals surface area contributed by atoms with Crippen LogP contribution in [0.15, 0.2) is 36.5 Å². The van der Waals surface area contributed by atoms with Gasteiger partial charge in [-0.15, -0.1) is 0 Å². The molecule has 1 unspecified atom stereocenters. The quantitative estimate of drug-likeness (QED) is 0.829. The van der Waals surface area contributed by atoms with Crippen LogP contribution in [0.5, 0.6) is 5.75 Å². The Hall–Kier alpha value is -1.84. The van der Waals surface area contributed by atoms with E-state index in [2.05, 4.69) is 0 Å². The Bertz CT molecular complexity index is 373. The molecule has 0 spiro atoms. The third kappa shape index (κ3) is 1.98. The fraction of sp³-hybridized carbons (Fsp3) is 0.273. The minimum absolute atomic E-state index is 0.216. The van der Waals surface area contributed by atoms with Gasteiger partial charge in [-0.05, 0) is 19.1 Å². The molecule has 80 valence electrons. The molecule has 4 heteroatoms. The van der Waals surface area contributed by atoms with E-state index in [-0.39, 0.29) is 5.95 Å². The van der Waals surface area contributed by atoms with Crippen LogP contribution in [0, 0.1) is 0 Å². The van der Waals surface area contributed by atoms with E-state index in [4.69, 9.17) is 19.3 Å². The molecule has 1 aromatic rings. The highest BCUT2D eigenvalue weighted by molar-refractivity contribution is 5.34. The van der Waals surface area contributed by atoms with Crippen LogP contribution in [0.1, 0.15) is 18.8 Å². The maximum atomic E-state index is 9.05. The lowest BCUT2D eigenvalue weighted by molar-refractivity contribution is -0.0614. The van der Waals surface area contributed by atoms with Crippen molar-refractivity contribution >= 4 is 0 Å². The number of rotatable bonds is 3. The molecule has 0 saturated carbocycles. The van der Waals surface area contributed by atoms with Crippen LogP contribution in [-0.4, -0.2) is 11.7 Å². The molecule has 1 aliphatic heterocycles. The van der Waals surface area contributed by atoms with Crippen LogP contribution in [0.25, 0.3) is 0 Å². The SMILES string of the molecule is CCOc1ccccc1C1OC=C(O)O1. The van der Waals surface area contributed by atoms with Gasteiger partial charge in [0.25, 0.3) is 6.29 Å². The first-order valence-corrected chi connectivity index (χ1v) is 4.74. The summed E-state index contributed by atoms with van der Waals surface area (Å²) in [7, 11) is 0. The van der Waals surface area contributed by atoms with Gasteiger partial charge in [0.1, 0.15) is 5.75 Å². The van der Waals surface area contributed by atoms with Gasteiger partial charge >= 0.3 is 5.95 Å². The van der Waals surface area contributed by atoms with Crippen molar-refractivity contribution in [2.75, 3.05) is 6.61 Å². The summed E-state index contributed by atoms with van der Waals surface area (Å²) in [5, 5.41) is 9.05. The zero-order valence-corrected chi connectivity index (χ0v) is 8.34. The second kappa shape index (κ2) is 4.13. The van der Waals surface area contributed by atoms with Gasteiger partial charge in [-0.1, -0.05) is 12.1 Å². The second-order valence-corrected chi connectivity index (χ2v) is 3.01. The molecule has 0 radical (unpaired) electrons. The molecular weight excluding hydrogens is 196 g/mol. The van der Waals surface area contributed by atoms with Crippen LogP contribution in [-0.2, 0) is 9.47 Å². The standard InChI is InChI=1S/C11H12O4/c1-2-13-9-6-4-3-5-8(9)11-14-7-10(12)15-11/h3-7,11-12H,2H2,1H3. The lowest BCUT2D eigenvalue weighted by Gasteiger charge is -2.14. The van der Waals surface area contributed by atoms with Gasteiger partial charge in [0.15, 0.2) is 6.26 Å². The summed E-state index contributed by atoms with van der Waals surface area (Å²) in [6, 6.07) is 7.40. The number of hydrogen-bond acceptors (Lipinski definition) is 4. The molecular formula is C11H12O4. The fourth-order valence-electron chi connectivity index (χ4n) is 1.38. The third-order valence-electron chi connectivity index (χ3n) is 1.99. The van der Waals surface area contributed by atoms with Crippen LogP contribution in [0.2, 0.25) is 0 Å². The molecule has 1 heterocycles. The van der Waals surface area contributed by atoms with Crippen LogP contribution < -0.4 is 4.74 Å². The van der Waals surface area contributed by atoms with Crippen LogP contribution >= 0.6 is 0 Å². The van der Waals surface area contributed by atoms with E-state index >= 15 is 0 Å². The maximum Gasteiger partial charge on any atom is 0.316 e. The Morgan fingerprint density at radius 1 is 1.40 bits per heavy atom.